The molecule has 2 aromatic carbocycles. The number of aryl methyl sites for hydroxylation is 1. The number of ether oxygens (including phenoxy) is 1. The third kappa shape index (κ3) is 2.70. The van der Waals surface area contributed by atoms with Gasteiger partial charge >= 0.3 is 0 Å². The minimum absolute atomic E-state index is 0.274. The number of nitrogens with one attached hydrogen (secondary N) is 1. The van der Waals surface area contributed by atoms with Gasteiger partial charge in [-0.25, -0.2) is 12.4 Å². The van der Waals surface area contributed by atoms with Gasteiger partial charge in [0.1, 0.15) is 11.6 Å². The van der Waals surface area contributed by atoms with Crippen LogP contribution in [0.5, 0.6) is 5.75 Å². The molecule has 0 spiro atoms. The van der Waals surface area contributed by atoms with Gasteiger partial charge < -0.3 is 10.1 Å². The van der Waals surface area contributed by atoms with Crippen molar-refractivity contribution in [3.8, 4) is 22.6 Å². The molecule has 2 aliphatic heterocycles. The molecule has 0 bridgehead atoms. The van der Waals surface area contributed by atoms with Crippen LogP contribution in [-0.4, -0.2) is 39.0 Å². The second-order valence-electron chi connectivity index (χ2n) is 10.4. The lowest BCUT2D eigenvalue weighted by Gasteiger charge is -2.36. The van der Waals surface area contributed by atoms with Gasteiger partial charge in [0.25, 0.3) is 0 Å². The number of nitrogens with zero attached hydrogens (tertiary/aromatic N) is 4. The van der Waals surface area contributed by atoms with E-state index < -0.39 is 10.0 Å². The molecule has 0 radical (unpaired) electrons. The number of aromatic nitrogens is 4. The molecule has 1 fully saturated rings. The summed E-state index contributed by atoms with van der Waals surface area (Å²) < 4.78 is 36.0. The van der Waals surface area contributed by atoms with E-state index in [0.29, 0.717) is 12.1 Å². The van der Waals surface area contributed by atoms with Crippen LogP contribution in [-0.2, 0) is 22.0 Å². The van der Waals surface area contributed by atoms with Crippen LogP contribution < -0.4 is 10.1 Å². The Morgan fingerprint density at radius 1 is 1.14 bits per heavy atom. The zero-order valence-corrected chi connectivity index (χ0v) is 21.0. The Kier molecular flexibility index (Phi) is 3.99. The van der Waals surface area contributed by atoms with Crippen molar-refractivity contribution >= 4 is 26.6 Å². The van der Waals surface area contributed by atoms with Crippen LogP contribution in [0.4, 0.5) is 5.69 Å². The Morgan fingerprint density at radius 3 is 2.71 bits per heavy atom. The quantitative estimate of drug-likeness (QED) is 0.458. The Labute approximate surface area is 204 Å². The van der Waals surface area contributed by atoms with Gasteiger partial charge in [0, 0.05) is 29.1 Å². The first kappa shape index (κ1) is 21.0. The average molecular weight is 490 g/mol. The van der Waals surface area contributed by atoms with Crippen molar-refractivity contribution in [1.29, 1.82) is 0 Å². The largest absolute Gasteiger partial charge is 0.492 e. The Bertz CT molecular complexity index is 1670. The Morgan fingerprint density at radius 2 is 1.94 bits per heavy atom. The van der Waals surface area contributed by atoms with E-state index in [9.17, 15) is 8.42 Å². The smallest absolute Gasteiger partial charge is 0.241 e. The molecule has 1 aliphatic carbocycles. The standard InChI is InChI=1S/C26H27N5O3S/c1-14-21(18-6-5-7-20-17(18)10-12-30(20)35(32,33)16-8-9-16)24-19(11-13-34-24)22-23(14)31-15(2)28-29-25(31)26(3,4)27-22/h5-7,10,12,16,27H,8-9,11,13H2,1-4H3. The summed E-state index contributed by atoms with van der Waals surface area (Å²) in [7, 11) is -3.38. The lowest BCUT2D eigenvalue weighted by molar-refractivity contribution is 0.358. The molecular weight excluding hydrogens is 462 g/mol. The normalized spacial score (nSPS) is 18.1. The number of rotatable bonds is 3. The van der Waals surface area contributed by atoms with Crippen molar-refractivity contribution in [3.63, 3.8) is 0 Å². The summed E-state index contributed by atoms with van der Waals surface area (Å²) in [5, 5.41) is 13.3. The SMILES string of the molecule is Cc1c(-c2cccc3c2ccn3S(=O)(=O)C2CC2)c2c(c3c1-n1c(C)nnc1C(C)(C)N3)CCO2. The summed E-state index contributed by atoms with van der Waals surface area (Å²) in [6.45, 7) is 8.93. The van der Waals surface area contributed by atoms with Gasteiger partial charge in [-0.15, -0.1) is 10.2 Å². The molecule has 1 N–H and O–H groups in total. The fourth-order valence-electron chi connectivity index (χ4n) is 5.79. The molecular formula is C26H27N5O3S. The second-order valence-corrected chi connectivity index (χ2v) is 12.5. The molecule has 180 valence electrons. The van der Waals surface area contributed by atoms with Crippen molar-refractivity contribution in [1.82, 2.24) is 18.7 Å². The van der Waals surface area contributed by atoms with E-state index in [4.69, 9.17) is 4.74 Å². The van der Waals surface area contributed by atoms with Crippen molar-refractivity contribution in [3.05, 3.63) is 53.2 Å². The molecule has 7 rings (SSSR count). The van der Waals surface area contributed by atoms with E-state index in [2.05, 4.69) is 46.9 Å². The molecule has 0 amide bonds. The van der Waals surface area contributed by atoms with Gasteiger partial charge in [-0.3, -0.25) is 4.57 Å². The third-order valence-electron chi connectivity index (χ3n) is 7.60. The van der Waals surface area contributed by atoms with E-state index in [1.54, 1.807) is 6.20 Å². The van der Waals surface area contributed by atoms with E-state index in [0.717, 1.165) is 75.7 Å². The average Bonchev–Trinajstić information content (AvgIpc) is 3.21. The minimum Gasteiger partial charge on any atom is -0.492 e. The van der Waals surface area contributed by atoms with Crippen LogP contribution in [0.25, 0.3) is 27.7 Å². The summed E-state index contributed by atoms with van der Waals surface area (Å²) >= 11 is 0. The maximum absolute atomic E-state index is 13.1. The molecule has 0 atom stereocenters. The molecule has 35 heavy (non-hydrogen) atoms. The lowest BCUT2D eigenvalue weighted by Crippen LogP contribution is -2.36. The Balaban J connectivity index is 1.54. The van der Waals surface area contributed by atoms with Crippen molar-refractivity contribution in [2.45, 2.75) is 57.7 Å². The van der Waals surface area contributed by atoms with Crippen molar-refractivity contribution < 1.29 is 13.2 Å². The zero-order chi connectivity index (χ0) is 24.3. The zero-order valence-electron chi connectivity index (χ0n) is 20.2. The predicted octanol–water partition coefficient (Wildman–Crippen LogP) is 4.44. The third-order valence-corrected chi connectivity index (χ3v) is 9.78. The fraction of sp³-hybridized carbons (Fsp3) is 0.385. The van der Waals surface area contributed by atoms with Gasteiger partial charge in [0.15, 0.2) is 5.82 Å². The second kappa shape index (κ2) is 6.66. The highest BCUT2D eigenvalue weighted by molar-refractivity contribution is 7.91. The monoisotopic (exact) mass is 489 g/mol. The first-order valence-electron chi connectivity index (χ1n) is 12.1. The topological polar surface area (TPSA) is 91.0 Å². The van der Waals surface area contributed by atoms with E-state index >= 15 is 0 Å². The van der Waals surface area contributed by atoms with E-state index in [1.165, 1.54) is 3.97 Å². The molecule has 9 heteroatoms. The highest BCUT2D eigenvalue weighted by Gasteiger charge is 2.40. The summed E-state index contributed by atoms with van der Waals surface area (Å²) in [6, 6.07) is 7.81. The van der Waals surface area contributed by atoms with E-state index in [-0.39, 0.29) is 10.8 Å². The van der Waals surface area contributed by atoms with Crippen LogP contribution in [0.2, 0.25) is 0 Å². The molecule has 4 heterocycles. The maximum Gasteiger partial charge on any atom is 0.241 e. The molecule has 4 aromatic rings. The van der Waals surface area contributed by atoms with Crippen LogP contribution in [0.1, 0.15) is 49.5 Å². The minimum atomic E-state index is -3.38. The lowest BCUT2D eigenvalue weighted by atomic mass is 9.88. The molecule has 3 aliphatic rings. The fourth-order valence-corrected chi connectivity index (χ4v) is 7.50. The summed E-state index contributed by atoms with van der Waals surface area (Å²) in [5.41, 5.74) is 6.62. The summed E-state index contributed by atoms with van der Waals surface area (Å²) in [6.07, 6.45) is 3.97. The highest BCUT2D eigenvalue weighted by atomic mass is 32.2. The van der Waals surface area contributed by atoms with Crippen molar-refractivity contribution in [2.75, 3.05) is 11.9 Å². The van der Waals surface area contributed by atoms with Crippen LogP contribution in [0.3, 0.4) is 0 Å². The number of hydrogen-bond donors (Lipinski definition) is 1. The molecule has 0 unspecified atom stereocenters. The van der Waals surface area contributed by atoms with Crippen LogP contribution >= 0.6 is 0 Å². The summed E-state index contributed by atoms with van der Waals surface area (Å²) in [4.78, 5) is 0. The van der Waals surface area contributed by atoms with Gasteiger partial charge in [0.05, 0.1) is 34.3 Å². The van der Waals surface area contributed by atoms with Gasteiger partial charge in [-0.1, -0.05) is 12.1 Å². The van der Waals surface area contributed by atoms with Crippen LogP contribution in [0.15, 0.2) is 30.5 Å². The highest BCUT2D eigenvalue weighted by Crippen LogP contribution is 2.52. The van der Waals surface area contributed by atoms with Gasteiger partial charge in [-0.2, -0.15) is 0 Å². The molecule has 2 aromatic heterocycles. The van der Waals surface area contributed by atoms with Gasteiger partial charge in [0.2, 0.25) is 10.0 Å². The number of benzene rings is 2. The van der Waals surface area contributed by atoms with Crippen LogP contribution in [0, 0.1) is 13.8 Å². The maximum atomic E-state index is 13.1. The van der Waals surface area contributed by atoms with E-state index in [1.807, 2.05) is 25.1 Å². The first-order chi connectivity index (χ1) is 16.7. The molecule has 1 saturated carbocycles. The first-order valence-corrected chi connectivity index (χ1v) is 13.6. The number of hydrogen-bond acceptors (Lipinski definition) is 6. The van der Waals surface area contributed by atoms with Gasteiger partial charge in [-0.05, 0) is 63.8 Å². The number of anilines is 1. The number of fused-ring (bicyclic) bond motifs is 6. The Hall–Kier alpha value is -3.33. The predicted molar refractivity (Wildman–Crippen MR) is 135 cm³/mol. The summed E-state index contributed by atoms with van der Waals surface area (Å²) in [5.74, 6) is 2.59. The molecule has 0 saturated heterocycles. The van der Waals surface area contributed by atoms with Crippen molar-refractivity contribution in [2.24, 2.45) is 0 Å². The molecule has 8 nitrogen and oxygen atoms in total.